The van der Waals surface area contributed by atoms with E-state index in [1.807, 2.05) is 45.9 Å². The van der Waals surface area contributed by atoms with Crippen molar-refractivity contribution in [3.63, 3.8) is 0 Å². The van der Waals surface area contributed by atoms with Gasteiger partial charge in [-0.25, -0.2) is 9.78 Å². The zero-order valence-corrected chi connectivity index (χ0v) is 44.8. The normalized spacial score (nSPS) is 17.2. The van der Waals surface area contributed by atoms with Crippen LogP contribution in [0.4, 0.5) is 10.5 Å². The Morgan fingerprint density at radius 1 is 0.971 bits per heavy atom. The summed E-state index contributed by atoms with van der Waals surface area (Å²) in [5.74, 6) is -2.58. The molecule has 3 N–H and O–H groups in total. The van der Waals surface area contributed by atoms with Crippen LogP contribution in [-0.4, -0.2) is 149 Å². The Morgan fingerprint density at radius 2 is 1.61 bits per heavy atom. The van der Waals surface area contributed by atoms with Gasteiger partial charge in [0.1, 0.15) is 23.9 Å². The minimum absolute atomic E-state index is 0.0148. The summed E-state index contributed by atoms with van der Waals surface area (Å²) >= 11 is 0. The van der Waals surface area contributed by atoms with Crippen LogP contribution < -0.4 is 10.6 Å². The number of nitrogens with one attached hydrogen (secondary N) is 2. The summed E-state index contributed by atoms with van der Waals surface area (Å²) in [6, 6.07) is 9.50. The molecule has 9 unspecified atom stereocenters. The lowest BCUT2D eigenvalue weighted by Crippen LogP contribution is -2.56. The fourth-order valence-corrected chi connectivity index (χ4v) is 10.2. The van der Waals surface area contributed by atoms with Crippen molar-refractivity contribution in [2.45, 2.75) is 154 Å². The number of benzene rings is 1. The lowest BCUT2D eigenvalue weighted by Gasteiger charge is -2.39. The highest BCUT2D eigenvalue weighted by molar-refractivity contribution is 8.77. The molecule has 9 atom stereocenters. The van der Waals surface area contributed by atoms with Gasteiger partial charge in [-0.3, -0.25) is 34.2 Å². The molecule has 388 valence electrons. The third-order valence-electron chi connectivity index (χ3n) is 12.1. The molecule has 5 amide bonds. The Labute approximate surface area is 417 Å². The summed E-state index contributed by atoms with van der Waals surface area (Å²) in [6.45, 7) is 19.1. The minimum Gasteiger partial charge on any atom is -0.448 e. The van der Waals surface area contributed by atoms with Crippen molar-refractivity contribution in [1.82, 2.24) is 30.3 Å². The lowest BCUT2D eigenvalue weighted by molar-refractivity contribution is -0.385. The van der Waals surface area contributed by atoms with Crippen molar-refractivity contribution in [2.24, 2.45) is 17.8 Å². The first-order valence-corrected chi connectivity index (χ1v) is 25.9. The number of aromatic nitrogens is 1. The molecular weight excluding hydrogens is 927 g/mol. The maximum atomic E-state index is 14.2. The number of carbonyl (C=O) groups excluding carboxylic acids is 5. The fourth-order valence-electron chi connectivity index (χ4n) is 8.18. The molecule has 1 aliphatic rings. The molecule has 1 aliphatic heterocycles. The van der Waals surface area contributed by atoms with Crippen LogP contribution in [0.2, 0.25) is 0 Å². The van der Waals surface area contributed by atoms with Gasteiger partial charge in [0, 0.05) is 40.9 Å². The molecule has 0 spiro atoms. The molecule has 1 fully saturated rings. The number of ether oxygens (including phenoxy) is 3. The van der Waals surface area contributed by atoms with E-state index >= 15 is 0 Å². The molecule has 20 heteroatoms. The number of pyridine rings is 1. The van der Waals surface area contributed by atoms with E-state index in [1.54, 1.807) is 57.8 Å². The molecule has 1 saturated heterocycles. The van der Waals surface area contributed by atoms with E-state index in [9.17, 15) is 39.2 Å². The van der Waals surface area contributed by atoms with Crippen molar-refractivity contribution in [3.05, 3.63) is 64.3 Å². The number of methoxy groups -OCH3 is 2. The zero-order valence-electron chi connectivity index (χ0n) is 43.1. The molecule has 69 heavy (non-hydrogen) atoms. The van der Waals surface area contributed by atoms with Crippen LogP contribution >= 0.6 is 21.6 Å². The first-order valence-electron chi connectivity index (χ1n) is 23.8. The van der Waals surface area contributed by atoms with Gasteiger partial charge in [0.15, 0.2) is 0 Å². The van der Waals surface area contributed by atoms with Crippen molar-refractivity contribution < 1.29 is 48.2 Å². The second-order valence-corrected chi connectivity index (χ2v) is 21.5. The van der Waals surface area contributed by atoms with Crippen molar-refractivity contribution >= 4 is 57.0 Å². The smallest absolute Gasteiger partial charge is 0.410 e. The highest BCUT2D eigenvalue weighted by Crippen LogP contribution is 2.40. The Balaban J connectivity index is 0.00000530. The number of nitro groups is 1. The van der Waals surface area contributed by atoms with Gasteiger partial charge in [0.05, 0.1) is 65.0 Å². The van der Waals surface area contributed by atoms with E-state index in [-0.39, 0.29) is 48.9 Å². The van der Waals surface area contributed by atoms with Gasteiger partial charge in [-0.15, -0.1) is 0 Å². The van der Waals surface area contributed by atoms with E-state index in [0.717, 1.165) is 0 Å². The van der Waals surface area contributed by atoms with Gasteiger partial charge in [0.25, 0.3) is 5.69 Å². The Bertz CT molecular complexity index is 1930. The van der Waals surface area contributed by atoms with Crippen molar-refractivity contribution in [1.29, 1.82) is 0 Å². The Morgan fingerprint density at radius 3 is 2.14 bits per heavy atom. The lowest BCUT2D eigenvalue weighted by atomic mass is 9.90. The van der Waals surface area contributed by atoms with Crippen LogP contribution in [0.5, 0.6) is 0 Å². The predicted molar refractivity (Wildman–Crippen MR) is 270 cm³/mol. The highest BCUT2D eigenvalue weighted by Gasteiger charge is 2.42. The number of rotatable bonds is 25. The molecule has 2 aromatic rings. The summed E-state index contributed by atoms with van der Waals surface area (Å²) in [4.78, 5) is 87.5. The van der Waals surface area contributed by atoms with Crippen molar-refractivity contribution in [3.8, 4) is 0 Å². The number of hydrogen-bond donors (Lipinski definition) is 3. The highest BCUT2D eigenvalue weighted by atomic mass is 33.1. The third kappa shape index (κ3) is 18.3. The molecule has 0 saturated carbocycles. The minimum atomic E-state index is -0.970. The molecule has 1 aromatic heterocycles. The summed E-state index contributed by atoms with van der Waals surface area (Å²) < 4.78 is 16.9. The van der Waals surface area contributed by atoms with Crippen LogP contribution in [-0.2, 0) is 33.4 Å². The molecule has 0 bridgehead atoms. The summed E-state index contributed by atoms with van der Waals surface area (Å²) in [5.41, 5.74) is 0.566. The Hall–Kier alpha value is -4.50. The number of likely N-dealkylation sites (N-methyl/N-ethyl adjacent to an activating group) is 2. The topological polar surface area (TPSA) is 223 Å². The number of likely N-dealkylation sites (tertiary alicyclic amines) is 1. The zero-order chi connectivity index (χ0) is 52.2. The average Bonchev–Trinajstić information content (AvgIpc) is 3.81. The molecule has 0 radical (unpaired) electrons. The van der Waals surface area contributed by atoms with Crippen LogP contribution in [0.25, 0.3) is 0 Å². The number of aliphatic hydroxyl groups is 1. The Kier molecular flexibility index (Phi) is 26.0. The van der Waals surface area contributed by atoms with E-state index in [0.29, 0.717) is 36.4 Å². The van der Waals surface area contributed by atoms with Gasteiger partial charge in [-0.05, 0) is 67.9 Å². The van der Waals surface area contributed by atoms with Gasteiger partial charge in [-0.1, -0.05) is 102 Å². The van der Waals surface area contributed by atoms with Crippen LogP contribution in [0, 0.1) is 27.9 Å². The van der Waals surface area contributed by atoms with Gasteiger partial charge in [-0.2, -0.15) is 0 Å². The molecule has 3 rings (SSSR count). The van der Waals surface area contributed by atoms with Gasteiger partial charge < -0.3 is 39.8 Å². The van der Waals surface area contributed by atoms with E-state index in [1.165, 1.54) is 71.3 Å². The molecule has 2 heterocycles. The average molecular weight is 1010 g/mol. The first kappa shape index (κ1) is 60.6. The standard InChI is InChI=1S/C46H71N7O11S2.C3H8/c1-13-29(4)40(35(62-11)24-37(54)52-23-17-20-34(52)42(63-12)30(5)43(57)49-31(6)41(56)32-18-15-14-16-19-32)50(9)38(55)26-48-44(58)39(28(2)3)51(10)45(59)64-27-46(7,8)66-65-36-22-21-33(25-47-36)53(60)61;1-3-2/h14-16,18-19,21-22,25,28-31,34-35,39-42,56H,13,17,20,23-24,26-27H2,1-12H3,(H,48,58)(H,49,57);3H2,1-2H3. The van der Waals surface area contributed by atoms with E-state index < -0.39 is 76.0 Å². The predicted octanol–water partition coefficient (Wildman–Crippen LogP) is 7.29. The monoisotopic (exact) mass is 1010 g/mol. The summed E-state index contributed by atoms with van der Waals surface area (Å²) in [6.07, 6.45) is 1.39. The largest absolute Gasteiger partial charge is 0.448 e. The molecule has 1 aromatic carbocycles. The summed E-state index contributed by atoms with van der Waals surface area (Å²) in [7, 11) is 8.76. The van der Waals surface area contributed by atoms with E-state index in [2.05, 4.69) is 29.5 Å². The maximum Gasteiger partial charge on any atom is 0.410 e. The quantitative estimate of drug-likeness (QED) is 0.0505. The van der Waals surface area contributed by atoms with Crippen LogP contribution in [0.1, 0.15) is 113 Å². The van der Waals surface area contributed by atoms with Gasteiger partial charge in [0.2, 0.25) is 23.6 Å². The first-order chi connectivity index (χ1) is 32.5. The van der Waals surface area contributed by atoms with Gasteiger partial charge >= 0.3 is 6.09 Å². The molecule has 18 nitrogen and oxygen atoms in total. The SMILES string of the molecule is CCC.CCC(C)C(C(CC(=O)N1CCCC1C(OC)C(C)C(=O)NC(C)C(O)c1ccccc1)OC)N(C)C(=O)CNC(=O)C(C(C)C)N(C)C(=O)OCC(C)(C)SSc1ccc([N+](=O)[O-])cn1. The third-order valence-corrected chi connectivity index (χ3v) is 15.3. The summed E-state index contributed by atoms with van der Waals surface area (Å²) in [5, 5.41) is 28.0. The van der Waals surface area contributed by atoms with E-state index in [4.69, 9.17) is 14.2 Å². The van der Waals surface area contributed by atoms with Crippen LogP contribution in [0.15, 0.2) is 53.7 Å². The molecular formula is C49H79N7O11S2. The van der Waals surface area contributed by atoms with Crippen LogP contribution in [0.3, 0.4) is 0 Å². The fraction of sp³-hybridized carbons (Fsp3) is 0.673. The number of hydrogen-bond acceptors (Lipinski definition) is 14. The second kappa shape index (κ2) is 29.6. The number of aliphatic hydroxyl groups excluding tert-OH is 1. The van der Waals surface area contributed by atoms with Crippen molar-refractivity contribution in [2.75, 3.05) is 48.0 Å². The maximum absolute atomic E-state index is 14.2. The molecule has 0 aliphatic carbocycles. The second-order valence-electron chi connectivity index (χ2n) is 18.6. The number of carbonyl (C=O) groups is 5. The number of nitrogens with zero attached hydrogens (tertiary/aromatic N) is 5. The number of amides is 5.